The van der Waals surface area contributed by atoms with Crippen molar-refractivity contribution < 1.29 is 9.59 Å². The van der Waals surface area contributed by atoms with Crippen LogP contribution in [0.5, 0.6) is 0 Å². The molecule has 6 nitrogen and oxygen atoms in total. The van der Waals surface area contributed by atoms with Gasteiger partial charge in [-0.3, -0.25) is 19.0 Å². The van der Waals surface area contributed by atoms with Crippen LogP contribution in [0.4, 0.5) is 0 Å². The van der Waals surface area contributed by atoms with E-state index in [9.17, 15) is 14.4 Å². The highest BCUT2D eigenvalue weighted by Gasteiger charge is 2.17. The molecule has 1 N–H and O–H groups in total. The lowest BCUT2D eigenvalue weighted by atomic mass is 10.1. The third-order valence-corrected chi connectivity index (χ3v) is 6.13. The predicted molar refractivity (Wildman–Crippen MR) is 135 cm³/mol. The molecule has 1 aromatic heterocycles. The molecule has 3 rings (SSSR count). The van der Waals surface area contributed by atoms with Gasteiger partial charge in [0.2, 0.25) is 0 Å². The molecule has 1 heterocycles. The average Bonchev–Trinajstić information content (AvgIpc) is 2.77. The molecule has 0 saturated heterocycles. The Balaban J connectivity index is 1.94. The van der Waals surface area contributed by atoms with Crippen molar-refractivity contribution in [2.24, 2.45) is 11.8 Å². The van der Waals surface area contributed by atoms with Crippen LogP contribution in [0, 0.1) is 11.8 Å². The topological polar surface area (TPSA) is 81.1 Å². The van der Waals surface area contributed by atoms with Crippen LogP contribution in [0.15, 0.2) is 52.4 Å². The molecule has 8 heteroatoms. The number of ketones is 1. The standard InChI is InChI=1S/C25H28ClN3O3S/c1-15(2)12-27-23(31)18-7-10-20-21(11-18)28-25(29(24(20)32)13-16(3)4)33-14-22(30)17-5-8-19(26)9-6-17/h5-11,15-16H,12-14H2,1-4H3,(H,27,31). The molecule has 33 heavy (non-hydrogen) atoms. The Hall–Kier alpha value is -2.64. The van der Waals surface area contributed by atoms with Crippen LogP contribution in [0.25, 0.3) is 10.9 Å². The Bertz CT molecular complexity index is 1220. The Morgan fingerprint density at radius 2 is 1.70 bits per heavy atom. The van der Waals surface area contributed by atoms with Crippen LogP contribution in [0.3, 0.4) is 0 Å². The van der Waals surface area contributed by atoms with E-state index in [4.69, 9.17) is 11.6 Å². The highest BCUT2D eigenvalue weighted by molar-refractivity contribution is 7.99. The van der Waals surface area contributed by atoms with Gasteiger partial charge in [0.1, 0.15) is 0 Å². The molecular weight excluding hydrogens is 458 g/mol. The van der Waals surface area contributed by atoms with Crippen molar-refractivity contribution in [3.05, 3.63) is 69.0 Å². The SMILES string of the molecule is CC(C)CNC(=O)c1ccc2c(=O)n(CC(C)C)c(SCC(=O)c3ccc(Cl)cc3)nc2c1. The predicted octanol–water partition coefficient (Wildman–Crippen LogP) is 5.07. The normalized spacial score (nSPS) is 11.4. The molecule has 0 aliphatic rings. The first kappa shape index (κ1) is 25.0. The van der Waals surface area contributed by atoms with Gasteiger partial charge in [-0.1, -0.05) is 51.1 Å². The summed E-state index contributed by atoms with van der Waals surface area (Å²) in [5.74, 6) is 0.396. The van der Waals surface area contributed by atoms with E-state index in [-0.39, 0.29) is 28.9 Å². The number of carbonyl (C=O) groups excluding carboxylic acids is 2. The molecule has 0 radical (unpaired) electrons. The minimum atomic E-state index is -0.203. The van der Waals surface area contributed by atoms with Gasteiger partial charge in [-0.05, 0) is 54.3 Å². The lowest BCUT2D eigenvalue weighted by Crippen LogP contribution is -2.28. The summed E-state index contributed by atoms with van der Waals surface area (Å²) in [6, 6.07) is 11.7. The maximum Gasteiger partial charge on any atom is 0.262 e. The number of aromatic nitrogens is 2. The largest absolute Gasteiger partial charge is 0.352 e. The summed E-state index contributed by atoms with van der Waals surface area (Å²) in [6.45, 7) is 9.13. The number of fused-ring (bicyclic) bond motifs is 1. The molecule has 0 aliphatic heterocycles. The number of rotatable bonds is 9. The number of nitrogens with zero attached hydrogens (tertiary/aromatic N) is 2. The van der Waals surface area contributed by atoms with E-state index in [0.29, 0.717) is 51.2 Å². The number of hydrogen-bond donors (Lipinski definition) is 1. The second-order valence-corrected chi connectivity index (χ2v) is 10.1. The van der Waals surface area contributed by atoms with Crippen LogP contribution in [-0.4, -0.2) is 33.5 Å². The Labute approximate surface area is 202 Å². The smallest absolute Gasteiger partial charge is 0.262 e. The Morgan fingerprint density at radius 3 is 2.33 bits per heavy atom. The van der Waals surface area contributed by atoms with Gasteiger partial charge >= 0.3 is 0 Å². The van der Waals surface area contributed by atoms with Crippen molar-refractivity contribution in [3.8, 4) is 0 Å². The zero-order valence-corrected chi connectivity index (χ0v) is 20.8. The number of thioether (sulfide) groups is 1. The average molecular weight is 486 g/mol. The molecule has 0 saturated carbocycles. The zero-order chi connectivity index (χ0) is 24.1. The maximum absolute atomic E-state index is 13.2. The monoisotopic (exact) mass is 485 g/mol. The van der Waals surface area contributed by atoms with Crippen molar-refractivity contribution in [2.45, 2.75) is 39.4 Å². The Morgan fingerprint density at radius 1 is 1.03 bits per heavy atom. The van der Waals surface area contributed by atoms with Gasteiger partial charge in [-0.15, -0.1) is 0 Å². The Kier molecular flexibility index (Phi) is 8.32. The summed E-state index contributed by atoms with van der Waals surface area (Å²) < 4.78 is 1.62. The third kappa shape index (κ3) is 6.45. The summed E-state index contributed by atoms with van der Waals surface area (Å²) in [7, 11) is 0. The van der Waals surface area contributed by atoms with Gasteiger partial charge in [0.15, 0.2) is 10.9 Å². The molecule has 174 valence electrons. The zero-order valence-electron chi connectivity index (χ0n) is 19.2. The van der Waals surface area contributed by atoms with Gasteiger partial charge in [0.25, 0.3) is 11.5 Å². The minimum Gasteiger partial charge on any atom is -0.352 e. The van der Waals surface area contributed by atoms with Crippen molar-refractivity contribution in [2.75, 3.05) is 12.3 Å². The molecule has 0 aliphatic carbocycles. The quantitative estimate of drug-likeness (QED) is 0.260. The van der Waals surface area contributed by atoms with Crippen molar-refractivity contribution >= 4 is 46.0 Å². The number of halogens is 1. The van der Waals surface area contributed by atoms with Gasteiger partial charge < -0.3 is 5.32 Å². The van der Waals surface area contributed by atoms with Crippen molar-refractivity contribution in [1.29, 1.82) is 0 Å². The summed E-state index contributed by atoms with van der Waals surface area (Å²) in [4.78, 5) is 43.1. The summed E-state index contributed by atoms with van der Waals surface area (Å²) in [5, 5.41) is 4.36. The first-order valence-electron chi connectivity index (χ1n) is 10.9. The van der Waals surface area contributed by atoms with E-state index >= 15 is 0 Å². The number of nitrogens with one attached hydrogen (secondary N) is 1. The molecule has 0 unspecified atom stereocenters. The van der Waals surface area contributed by atoms with Crippen molar-refractivity contribution in [3.63, 3.8) is 0 Å². The molecule has 0 spiro atoms. The molecular formula is C25H28ClN3O3S. The maximum atomic E-state index is 13.2. The number of hydrogen-bond acceptors (Lipinski definition) is 5. The lowest BCUT2D eigenvalue weighted by Gasteiger charge is -2.15. The van der Waals surface area contributed by atoms with Gasteiger partial charge in [-0.2, -0.15) is 0 Å². The van der Waals surface area contributed by atoms with E-state index in [1.807, 2.05) is 27.7 Å². The third-order valence-electron chi connectivity index (χ3n) is 4.90. The van der Waals surface area contributed by atoms with E-state index < -0.39 is 0 Å². The van der Waals surface area contributed by atoms with Crippen LogP contribution >= 0.6 is 23.4 Å². The summed E-state index contributed by atoms with van der Waals surface area (Å²) in [5.41, 5.74) is 1.27. The van der Waals surface area contributed by atoms with E-state index in [2.05, 4.69) is 10.3 Å². The molecule has 0 atom stereocenters. The minimum absolute atomic E-state index is 0.0797. The first-order valence-corrected chi connectivity index (χ1v) is 12.3. The molecule has 0 fully saturated rings. The van der Waals surface area contributed by atoms with Crippen molar-refractivity contribution in [1.82, 2.24) is 14.9 Å². The van der Waals surface area contributed by atoms with Crippen LogP contribution in [0.2, 0.25) is 5.02 Å². The summed E-state index contributed by atoms with van der Waals surface area (Å²) in [6.07, 6.45) is 0. The number of benzene rings is 2. The van der Waals surface area contributed by atoms with Gasteiger partial charge in [0.05, 0.1) is 16.7 Å². The fourth-order valence-corrected chi connectivity index (χ4v) is 4.26. The van der Waals surface area contributed by atoms with Crippen LogP contribution in [-0.2, 0) is 6.54 Å². The lowest BCUT2D eigenvalue weighted by molar-refractivity contribution is 0.0948. The molecule has 1 amide bonds. The number of amides is 1. The van der Waals surface area contributed by atoms with Crippen LogP contribution in [0.1, 0.15) is 48.4 Å². The number of Topliss-reactive ketones (excluding diaryl/α,β-unsaturated/α-hetero) is 1. The van der Waals surface area contributed by atoms with Gasteiger partial charge in [0, 0.05) is 29.2 Å². The molecule has 2 aromatic carbocycles. The van der Waals surface area contributed by atoms with E-state index in [1.165, 1.54) is 11.8 Å². The fourth-order valence-electron chi connectivity index (χ4n) is 3.23. The summed E-state index contributed by atoms with van der Waals surface area (Å²) >= 11 is 7.13. The van der Waals surface area contributed by atoms with Crippen LogP contribution < -0.4 is 10.9 Å². The number of carbonyl (C=O) groups is 2. The highest BCUT2D eigenvalue weighted by atomic mass is 35.5. The first-order chi connectivity index (χ1) is 15.7. The molecule has 0 bridgehead atoms. The second kappa shape index (κ2) is 11.0. The van der Waals surface area contributed by atoms with E-state index in [0.717, 1.165) is 0 Å². The fraction of sp³-hybridized carbons (Fsp3) is 0.360. The van der Waals surface area contributed by atoms with Gasteiger partial charge in [-0.25, -0.2) is 4.98 Å². The second-order valence-electron chi connectivity index (χ2n) is 8.76. The molecule has 3 aromatic rings. The highest BCUT2D eigenvalue weighted by Crippen LogP contribution is 2.21. The van der Waals surface area contributed by atoms with E-state index in [1.54, 1.807) is 47.0 Å².